The van der Waals surface area contributed by atoms with E-state index in [1.165, 1.54) is 40.3 Å². The minimum absolute atomic E-state index is 0.0762. The Labute approximate surface area is 122 Å². The standard InChI is InChI=1S/C13H13N2O3S2/c1-13(2)9-19-12(8-16)15(13)20(17,18)11-5-3-10(7-14)4-6-11/h3-6,12H,9H2,1-2H3/t12-/m0/s1. The van der Waals surface area contributed by atoms with Gasteiger partial charge < -0.3 is 0 Å². The number of nitrogens with zero attached hydrogens (tertiary/aromatic N) is 2. The maximum Gasteiger partial charge on any atom is 0.245 e. The second-order valence-corrected chi connectivity index (χ2v) is 7.91. The summed E-state index contributed by atoms with van der Waals surface area (Å²) in [6.45, 7) is 3.55. The van der Waals surface area contributed by atoms with Gasteiger partial charge in [0.15, 0.2) is 0 Å². The van der Waals surface area contributed by atoms with Crippen LogP contribution in [0.1, 0.15) is 19.4 Å². The molecule has 0 unspecified atom stereocenters. The molecule has 1 atom stereocenters. The van der Waals surface area contributed by atoms with Crippen molar-refractivity contribution in [3.05, 3.63) is 29.8 Å². The third-order valence-electron chi connectivity index (χ3n) is 3.05. The Kier molecular flexibility index (Phi) is 3.91. The van der Waals surface area contributed by atoms with Crippen molar-refractivity contribution in [1.29, 1.82) is 5.26 Å². The number of carbonyl (C=O) groups excluding carboxylic acids is 1. The number of benzene rings is 1. The molecule has 1 aromatic carbocycles. The van der Waals surface area contributed by atoms with E-state index in [0.29, 0.717) is 11.3 Å². The third-order valence-corrected chi connectivity index (χ3v) is 6.77. The lowest BCUT2D eigenvalue weighted by Gasteiger charge is -2.31. The van der Waals surface area contributed by atoms with Crippen LogP contribution >= 0.6 is 11.8 Å². The number of hydrogen-bond acceptors (Lipinski definition) is 5. The molecule has 20 heavy (non-hydrogen) atoms. The van der Waals surface area contributed by atoms with Crippen molar-refractivity contribution >= 4 is 28.1 Å². The molecular weight excluding hydrogens is 296 g/mol. The summed E-state index contributed by atoms with van der Waals surface area (Å²) in [5.74, 6) is 0.530. The monoisotopic (exact) mass is 309 g/mol. The highest BCUT2D eigenvalue weighted by Crippen LogP contribution is 2.39. The molecule has 5 nitrogen and oxygen atoms in total. The van der Waals surface area contributed by atoms with Crippen LogP contribution < -0.4 is 0 Å². The average Bonchev–Trinajstić information content (AvgIpc) is 2.74. The van der Waals surface area contributed by atoms with Crippen molar-refractivity contribution in [3.8, 4) is 6.07 Å². The summed E-state index contributed by atoms with van der Waals surface area (Å²) >= 11 is 1.26. The van der Waals surface area contributed by atoms with Crippen molar-refractivity contribution in [2.75, 3.05) is 5.75 Å². The molecule has 105 valence electrons. The Morgan fingerprint density at radius 3 is 2.45 bits per heavy atom. The van der Waals surface area contributed by atoms with Gasteiger partial charge in [0.2, 0.25) is 16.3 Å². The molecule has 7 heteroatoms. The van der Waals surface area contributed by atoms with Gasteiger partial charge in [0.05, 0.1) is 16.5 Å². The minimum Gasteiger partial charge on any atom is -0.288 e. The fourth-order valence-corrected chi connectivity index (χ4v) is 5.60. The van der Waals surface area contributed by atoms with E-state index in [4.69, 9.17) is 5.26 Å². The first-order chi connectivity index (χ1) is 9.32. The Balaban J connectivity index is 2.47. The summed E-state index contributed by atoms with van der Waals surface area (Å²) in [5, 5.41) is 7.91. The maximum atomic E-state index is 12.7. The molecule has 0 saturated carbocycles. The van der Waals surface area contributed by atoms with Crippen LogP contribution in [-0.2, 0) is 14.8 Å². The molecular formula is C13H13N2O3S2. The summed E-state index contributed by atoms with van der Waals surface area (Å²) in [5.41, 5.74) is -0.267. The van der Waals surface area contributed by atoms with E-state index >= 15 is 0 Å². The normalized spacial score (nSPS) is 22.4. The molecule has 0 N–H and O–H groups in total. The van der Waals surface area contributed by atoms with Crippen molar-refractivity contribution in [3.63, 3.8) is 0 Å². The Morgan fingerprint density at radius 2 is 1.95 bits per heavy atom. The van der Waals surface area contributed by atoms with Gasteiger partial charge in [0.1, 0.15) is 5.37 Å². The molecule has 2 rings (SSSR count). The molecule has 0 spiro atoms. The third kappa shape index (κ3) is 2.46. The average molecular weight is 309 g/mol. The molecule has 1 saturated heterocycles. The van der Waals surface area contributed by atoms with Crippen molar-refractivity contribution in [2.24, 2.45) is 0 Å². The van der Waals surface area contributed by atoms with Crippen molar-refractivity contribution < 1.29 is 13.2 Å². The van der Waals surface area contributed by atoms with Crippen LogP contribution in [0.5, 0.6) is 0 Å². The molecule has 0 amide bonds. The number of hydrogen-bond donors (Lipinski definition) is 0. The zero-order chi connectivity index (χ0) is 15.0. The van der Waals surface area contributed by atoms with Gasteiger partial charge in [-0.25, -0.2) is 8.42 Å². The molecule has 1 aromatic rings. The first-order valence-electron chi connectivity index (χ1n) is 5.87. The highest BCUT2D eigenvalue weighted by molar-refractivity contribution is 8.02. The molecule has 1 fully saturated rings. The van der Waals surface area contributed by atoms with Crippen LogP contribution in [0.4, 0.5) is 0 Å². The number of rotatable bonds is 3. The number of nitriles is 1. The predicted octanol–water partition coefficient (Wildman–Crippen LogP) is 1.51. The lowest BCUT2D eigenvalue weighted by Crippen LogP contribution is -2.48. The first-order valence-corrected chi connectivity index (χ1v) is 8.36. The molecule has 1 aliphatic heterocycles. The van der Waals surface area contributed by atoms with Gasteiger partial charge in [-0.1, -0.05) is 0 Å². The lowest BCUT2D eigenvalue weighted by atomic mass is 10.1. The van der Waals surface area contributed by atoms with E-state index in [1.54, 1.807) is 20.1 Å². The zero-order valence-corrected chi connectivity index (χ0v) is 12.7. The second-order valence-electron chi connectivity index (χ2n) is 5.03. The topological polar surface area (TPSA) is 78.2 Å². The fourth-order valence-electron chi connectivity index (χ4n) is 2.08. The van der Waals surface area contributed by atoms with Crippen molar-refractivity contribution in [1.82, 2.24) is 4.31 Å². The molecule has 0 bridgehead atoms. The number of thioether (sulfide) groups is 1. The smallest absolute Gasteiger partial charge is 0.245 e. The van der Waals surface area contributed by atoms with E-state index in [0.717, 1.165) is 0 Å². The molecule has 0 aliphatic carbocycles. The van der Waals surface area contributed by atoms with Crippen LogP contribution in [0.3, 0.4) is 0 Å². The van der Waals surface area contributed by atoms with Gasteiger partial charge >= 0.3 is 0 Å². The van der Waals surface area contributed by atoms with Crippen LogP contribution in [0.15, 0.2) is 29.2 Å². The summed E-state index contributed by atoms with van der Waals surface area (Å²) in [6.07, 6.45) is 1.78. The minimum atomic E-state index is -3.79. The van der Waals surface area contributed by atoms with Crippen LogP contribution in [0.2, 0.25) is 0 Å². The van der Waals surface area contributed by atoms with E-state index in [9.17, 15) is 13.2 Å². The fraction of sp³-hybridized carbons (Fsp3) is 0.385. The quantitative estimate of drug-likeness (QED) is 0.845. The molecule has 1 heterocycles. The van der Waals surface area contributed by atoms with Crippen LogP contribution in [0.25, 0.3) is 0 Å². The second kappa shape index (κ2) is 5.20. The molecule has 0 aromatic heterocycles. The van der Waals surface area contributed by atoms with Crippen molar-refractivity contribution in [2.45, 2.75) is 29.7 Å². The Bertz CT molecular complexity index is 660. The van der Waals surface area contributed by atoms with Gasteiger partial charge in [0, 0.05) is 11.3 Å². The van der Waals surface area contributed by atoms with Gasteiger partial charge in [-0.05, 0) is 38.1 Å². The Morgan fingerprint density at radius 1 is 1.35 bits per heavy atom. The molecule has 1 aliphatic rings. The molecule has 1 radical (unpaired) electrons. The van der Waals surface area contributed by atoms with Crippen LogP contribution in [-0.4, -0.2) is 35.7 Å². The van der Waals surface area contributed by atoms with Crippen LogP contribution in [0, 0.1) is 11.3 Å². The van der Waals surface area contributed by atoms with Gasteiger partial charge in [0.25, 0.3) is 0 Å². The SMILES string of the molecule is CC1(C)CS[C@@H]([C]=O)N1S(=O)(=O)c1ccc(C#N)cc1. The van der Waals surface area contributed by atoms with Gasteiger partial charge in [-0.3, -0.25) is 4.79 Å². The van der Waals surface area contributed by atoms with E-state index in [1.807, 2.05) is 6.07 Å². The summed E-state index contributed by atoms with van der Waals surface area (Å²) in [6, 6.07) is 7.60. The maximum absolute atomic E-state index is 12.7. The summed E-state index contributed by atoms with van der Waals surface area (Å²) < 4.78 is 26.5. The summed E-state index contributed by atoms with van der Waals surface area (Å²) in [4.78, 5) is 11.1. The van der Waals surface area contributed by atoms with Gasteiger partial charge in [-0.2, -0.15) is 9.57 Å². The first kappa shape index (κ1) is 15.0. The van der Waals surface area contributed by atoms with E-state index in [2.05, 4.69) is 0 Å². The highest BCUT2D eigenvalue weighted by Gasteiger charge is 2.48. The largest absolute Gasteiger partial charge is 0.288 e. The predicted molar refractivity (Wildman–Crippen MR) is 76.2 cm³/mol. The van der Waals surface area contributed by atoms with E-state index < -0.39 is 20.9 Å². The van der Waals surface area contributed by atoms with Gasteiger partial charge in [-0.15, -0.1) is 11.8 Å². The lowest BCUT2D eigenvalue weighted by molar-refractivity contribution is 0.283. The zero-order valence-electron chi connectivity index (χ0n) is 11.0. The Hall–Kier alpha value is -1.36. The van der Waals surface area contributed by atoms with E-state index in [-0.39, 0.29) is 4.90 Å². The summed E-state index contributed by atoms with van der Waals surface area (Å²) in [7, 11) is -3.79. The number of sulfonamides is 1. The highest BCUT2D eigenvalue weighted by atomic mass is 32.2.